The zero-order valence-electron chi connectivity index (χ0n) is 19.0. The molecule has 0 aromatic heterocycles. The molecule has 4 rings (SSSR count). The van der Waals surface area contributed by atoms with E-state index >= 15 is 0 Å². The van der Waals surface area contributed by atoms with Crippen molar-refractivity contribution in [3.8, 4) is 5.75 Å². The van der Waals surface area contributed by atoms with E-state index in [4.69, 9.17) is 4.74 Å². The van der Waals surface area contributed by atoms with Crippen LogP contribution < -0.4 is 10.1 Å². The van der Waals surface area contributed by atoms with Gasteiger partial charge in [-0.15, -0.1) is 0 Å². The van der Waals surface area contributed by atoms with Crippen molar-refractivity contribution < 1.29 is 9.53 Å². The highest BCUT2D eigenvalue weighted by Crippen LogP contribution is 2.42. The zero-order chi connectivity index (χ0) is 21.7. The molecule has 0 spiro atoms. The van der Waals surface area contributed by atoms with Crippen LogP contribution in [-0.2, 0) is 10.2 Å². The summed E-state index contributed by atoms with van der Waals surface area (Å²) in [5, 5.41) is 3.17. The Bertz CT molecular complexity index is 854. The molecular formula is C27H36N2O2. The number of anilines is 1. The average molecular weight is 421 g/mol. The molecule has 4 heteroatoms. The Morgan fingerprint density at radius 1 is 1.06 bits per heavy atom. The molecule has 1 atom stereocenters. The molecule has 1 saturated carbocycles. The van der Waals surface area contributed by atoms with Crippen LogP contribution in [-0.4, -0.2) is 37.0 Å². The third-order valence-electron chi connectivity index (χ3n) is 7.03. The van der Waals surface area contributed by atoms with Gasteiger partial charge in [-0.3, -0.25) is 9.69 Å². The normalized spacial score (nSPS) is 21.0. The molecular weight excluding hydrogens is 384 g/mol. The Balaban J connectivity index is 1.33. The molecule has 31 heavy (non-hydrogen) atoms. The van der Waals surface area contributed by atoms with E-state index in [1.165, 1.54) is 31.5 Å². The number of carbonyl (C=O) groups excluding carboxylic acids is 1. The lowest BCUT2D eigenvalue weighted by atomic mass is 9.77. The number of rotatable bonds is 7. The Morgan fingerprint density at radius 2 is 1.77 bits per heavy atom. The van der Waals surface area contributed by atoms with Crippen LogP contribution in [0.4, 0.5) is 5.69 Å². The molecule has 1 aliphatic carbocycles. The summed E-state index contributed by atoms with van der Waals surface area (Å²) in [4.78, 5) is 15.8. The highest BCUT2D eigenvalue weighted by Gasteiger charge is 2.42. The predicted molar refractivity (Wildman–Crippen MR) is 127 cm³/mol. The minimum atomic E-state index is -0.408. The fourth-order valence-corrected chi connectivity index (χ4v) is 5.17. The second kappa shape index (κ2) is 9.86. The summed E-state index contributed by atoms with van der Waals surface area (Å²) >= 11 is 0. The van der Waals surface area contributed by atoms with Gasteiger partial charge in [0.15, 0.2) is 0 Å². The van der Waals surface area contributed by atoms with Crippen LogP contribution in [0.2, 0.25) is 0 Å². The van der Waals surface area contributed by atoms with Gasteiger partial charge in [0.1, 0.15) is 12.4 Å². The van der Waals surface area contributed by atoms with Crippen LogP contribution in [0.25, 0.3) is 0 Å². The van der Waals surface area contributed by atoms with Gasteiger partial charge in [-0.25, -0.2) is 0 Å². The van der Waals surface area contributed by atoms with Crippen molar-refractivity contribution in [1.29, 1.82) is 0 Å². The number of likely N-dealkylation sites (tertiary alicyclic amines) is 1. The standard InChI is InChI=1S/C27H36N2O2/c1-21-7-9-23(10-8-21)27(15-3-4-16-27)26(30)28-24-11-13-25(14-12-24)31-19-18-29-17-5-6-22(2)20-29/h7-14,22H,3-6,15-20H2,1-2H3,(H,28,30)/t22-/m0/s1. The first-order valence-electron chi connectivity index (χ1n) is 11.9. The SMILES string of the molecule is Cc1ccc(C2(C(=O)Nc3ccc(OCCN4CCC[C@H](C)C4)cc3)CCCC2)cc1. The lowest BCUT2D eigenvalue weighted by Gasteiger charge is -2.30. The Hall–Kier alpha value is -2.33. The van der Waals surface area contributed by atoms with Crippen molar-refractivity contribution in [2.24, 2.45) is 5.92 Å². The van der Waals surface area contributed by atoms with E-state index in [2.05, 4.69) is 48.3 Å². The zero-order valence-corrected chi connectivity index (χ0v) is 19.0. The summed E-state index contributed by atoms with van der Waals surface area (Å²) in [7, 11) is 0. The minimum absolute atomic E-state index is 0.113. The first kappa shape index (κ1) is 21.9. The number of hydrogen-bond acceptors (Lipinski definition) is 3. The maximum atomic E-state index is 13.3. The smallest absolute Gasteiger partial charge is 0.235 e. The fraction of sp³-hybridized carbons (Fsp3) is 0.519. The molecule has 1 aliphatic heterocycles. The largest absolute Gasteiger partial charge is 0.492 e. The second-order valence-corrected chi connectivity index (χ2v) is 9.53. The molecule has 4 nitrogen and oxygen atoms in total. The molecule has 166 valence electrons. The van der Waals surface area contributed by atoms with E-state index in [9.17, 15) is 4.79 Å². The van der Waals surface area contributed by atoms with E-state index in [0.29, 0.717) is 6.61 Å². The van der Waals surface area contributed by atoms with Crippen LogP contribution in [0, 0.1) is 12.8 Å². The van der Waals surface area contributed by atoms with Gasteiger partial charge in [0, 0.05) is 18.8 Å². The molecule has 1 N–H and O–H groups in total. The second-order valence-electron chi connectivity index (χ2n) is 9.53. The number of carbonyl (C=O) groups is 1. The molecule has 0 radical (unpaired) electrons. The lowest BCUT2D eigenvalue weighted by molar-refractivity contribution is -0.121. The summed E-state index contributed by atoms with van der Waals surface area (Å²) in [5.41, 5.74) is 2.79. The monoisotopic (exact) mass is 420 g/mol. The Labute approximate surface area is 187 Å². The first-order chi connectivity index (χ1) is 15.0. The van der Waals surface area contributed by atoms with Gasteiger partial charge in [-0.05, 0) is 74.9 Å². The van der Waals surface area contributed by atoms with Crippen molar-refractivity contribution in [3.05, 3.63) is 59.7 Å². The van der Waals surface area contributed by atoms with Crippen molar-refractivity contribution in [1.82, 2.24) is 4.90 Å². The molecule has 1 amide bonds. The number of aryl methyl sites for hydroxylation is 1. The van der Waals surface area contributed by atoms with Crippen molar-refractivity contribution in [2.45, 2.75) is 57.8 Å². The molecule has 2 fully saturated rings. The summed E-state index contributed by atoms with van der Waals surface area (Å²) in [6, 6.07) is 16.3. The Morgan fingerprint density at radius 3 is 2.45 bits per heavy atom. The van der Waals surface area contributed by atoms with Gasteiger partial charge in [0.2, 0.25) is 5.91 Å². The van der Waals surface area contributed by atoms with Gasteiger partial charge in [-0.2, -0.15) is 0 Å². The molecule has 2 aliphatic rings. The van der Waals surface area contributed by atoms with Crippen LogP contribution >= 0.6 is 0 Å². The predicted octanol–water partition coefficient (Wildman–Crippen LogP) is 5.56. The summed E-state index contributed by atoms with van der Waals surface area (Å²) in [6.45, 7) is 8.45. The third-order valence-corrected chi connectivity index (χ3v) is 7.03. The number of hydrogen-bond donors (Lipinski definition) is 1. The summed E-state index contributed by atoms with van der Waals surface area (Å²) < 4.78 is 5.95. The summed E-state index contributed by atoms with van der Waals surface area (Å²) in [5.74, 6) is 1.76. The van der Waals surface area contributed by atoms with Crippen molar-refractivity contribution in [3.63, 3.8) is 0 Å². The van der Waals surface area contributed by atoms with Crippen LogP contribution in [0.1, 0.15) is 56.6 Å². The van der Waals surface area contributed by atoms with Gasteiger partial charge in [0.25, 0.3) is 0 Å². The average Bonchev–Trinajstić information content (AvgIpc) is 3.27. The van der Waals surface area contributed by atoms with E-state index in [1.807, 2.05) is 24.3 Å². The van der Waals surface area contributed by atoms with E-state index in [-0.39, 0.29) is 5.91 Å². The first-order valence-corrected chi connectivity index (χ1v) is 11.9. The Kier molecular flexibility index (Phi) is 6.96. The van der Waals surface area contributed by atoms with Gasteiger partial charge in [0.05, 0.1) is 5.41 Å². The van der Waals surface area contributed by atoms with Crippen molar-refractivity contribution in [2.75, 3.05) is 31.6 Å². The maximum Gasteiger partial charge on any atom is 0.235 e. The molecule has 2 aromatic rings. The molecule has 1 heterocycles. The maximum absolute atomic E-state index is 13.3. The highest BCUT2D eigenvalue weighted by molar-refractivity contribution is 5.99. The van der Waals surface area contributed by atoms with Crippen LogP contribution in [0.15, 0.2) is 48.5 Å². The quantitative estimate of drug-likeness (QED) is 0.638. The summed E-state index contributed by atoms with van der Waals surface area (Å²) in [6.07, 6.45) is 6.67. The van der Waals surface area contributed by atoms with Crippen LogP contribution in [0.5, 0.6) is 5.75 Å². The lowest BCUT2D eigenvalue weighted by Crippen LogP contribution is -2.38. The van der Waals surface area contributed by atoms with E-state index in [1.54, 1.807) is 0 Å². The number of amides is 1. The third kappa shape index (κ3) is 5.30. The van der Waals surface area contributed by atoms with E-state index < -0.39 is 5.41 Å². The number of nitrogens with one attached hydrogen (secondary N) is 1. The fourth-order valence-electron chi connectivity index (χ4n) is 5.17. The number of piperidine rings is 1. The van der Waals surface area contributed by atoms with E-state index in [0.717, 1.165) is 55.1 Å². The van der Waals surface area contributed by atoms with Gasteiger partial charge < -0.3 is 10.1 Å². The van der Waals surface area contributed by atoms with Crippen LogP contribution in [0.3, 0.4) is 0 Å². The molecule has 1 saturated heterocycles. The molecule has 0 bridgehead atoms. The molecule has 0 unspecified atom stereocenters. The van der Waals surface area contributed by atoms with Gasteiger partial charge in [-0.1, -0.05) is 49.6 Å². The van der Waals surface area contributed by atoms with Crippen molar-refractivity contribution >= 4 is 11.6 Å². The highest BCUT2D eigenvalue weighted by atomic mass is 16.5. The number of nitrogens with zero attached hydrogens (tertiary/aromatic N) is 1. The number of benzene rings is 2. The van der Waals surface area contributed by atoms with Gasteiger partial charge >= 0.3 is 0 Å². The molecule has 2 aromatic carbocycles. The minimum Gasteiger partial charge on any atom is -0.492 e. The number of ether oxygens (including phenoxy) is 1. The topological polar surface area (TPSA) is 41.6 Å².